The number of rotatable bonds is 5. The van der Waals surface area contributed by atoms with Crippen molar-refractivity contribution in [1.82, 2.24) is 0 Å². The van der Waals surface area contributed by atoms with Crippen LogP contribution in [0.1, 0.15) is 12.5 Å². The lowest BCUT2D eigenvalue weighted by atomic mass is 10.2. The summed E-state index contributed by atoms with van der Waals surface area (Å²) in [6.45, 7) is 1.33. The van der Waals surface area contributed by atoms with Crippen LogP contribution in [0.4, 0.5) is 3.89 Å². The summed E-state index contributed by atoms with van der Waals surface area (Å²) in [6.07, 6.45) is 1.58. The Morgan fingerprint density at radius 2 is 2.06 bits per heavy atom. The highest BCUT2D eigenvalue weighted by Gasteiger charge is 2.09. The van der Waals surface area contributed by atoms with Crippen molar-refractivity contribution >= 4 is 16.7 Å². The van der Waals surface area contributed by atoms with E-state index in [1.54, 1.807) is 13.1 Å². The summed E-state index contributed by atoms with van der Waals surface area (Å²) < 4.78 is 36.1. The molecule has 0 aliphatic heterocycles. The molecule has 0 spiro atoms. The fourth-order valence-electron chi connectivity index (χ4n) is 0.975. The van der Waals surface area contributed by atoms with Crippen LogP contribution in [0, 0.1) is 0 Å². The van der Waals surface area contributed by atoms with Gasteiger partial charge in [-0.2, -0.15) is 8.42 Å². The van der Waals surface area contributed by atoms with Crippen molar-refractivity contribution in [2.24, 2.45) is 4.99 Å². The van der Waals surface area contributed by atoms with E-state index in [1.165, 1.54) is 0 Å². The Bertz CT molecular complexity index is 444. The zero-order valence-electron chi connectivity index (χ0n) is 8.71. The first-order chi connectivity index (χ1) is 7.47. The Labute approximate surface area is 94.2 Å². The van der Waals surface area contributed by atoms with Crippen molar-refractivity contribution in [3.8, 4) is 0 Å². The molecule has 1 aromatic carbocycles. The predicted molar refractivity (Wildman–Crippen MR) is 59.5 cm³/mol. The van der Waals surface area contributed by atoms with Gasteiger partial charge in [0.2, 0.25) is 0 Å². The first-order valence-electron chi connectivity index (χ1n) is 4.64. The van der Waals surface area contributed by atoms with Gasteiger partial charge in [-0.15, -0.1) is 0 Å². The Morgan fingerprint density at radius 1 is 1.44 bits per heavy atom. The Balaban J connectivity index is 2.46. The van der Waals surface area contributed by atoms with E-state index in [-0.39, 0.29) is 6.61 Å². The normalized spacial score (nSPS) is 14.1. The lowest BCUT2D eigenvalue weighted by molar-refractivity contribution is 0.278. The molecule has 0 fully saturated rings. The fraction of sp³-hybridized carbons (Fsp3) is 0.300. The molecule has 4 nitrogen and oxygen atoms in total. The van der Waals surface area contributed by atoms with Gasteiger partial charge in [0, 0.05) is 6.21 Å². The lowest BCUT2D eigenvalue weighted by Gasteiger charge is -2.03. The summed E-state index contributed by atoms with van der Waals surface area (Å²) in [5.41, 5.74) is 0.887. The molecule has 0 amide bonds. The summed E-state index contributed by atoms with van der Waals surface area (Å²) >= 11 is 0. The van der Waals surface area contributed by atoms with Crippen LogP contribution in [0.15, 0.2) is 35.3 Å². The van der Waals surface area contributed by atoms with Crippen LogP contribution in [-0.2, 0) is 14.7 Å². The largest absolute Gasteiger partial charge is 0.437 e. The van der Waals surface area contributed by atoms with E-state index in [1.807, 2.05) is 30.3 Å². The van der Waals surface area contributed by atoms with Crippen molar-refractivity contribution in [3.63, 3.8) is 0 Å². The second kappa shape index (κ2) is 5.72. The molecule has 0 aliphatic carbocycles. The summed E-state index contributed by atoms with van der Waals surface area (Å²) in [5.74, 6) is 0. The molecular formula is C10H12FNO3S. The molecule has 0 N–H and O–H groups in total. The van der Waals surface area contributed by atoms with Gasteiger partial charge < -0.3 is 0 Å². The van der Waals surface area contributed by atoms with Crippen LogP contribution >= 0.6 is 0 Å². The summed E-state index contributed by atoms with van der Waals surface area (Å²) in [6, 6.07) is 8.86. The van der Waals surface area contributed by atoms with E-state index >= 15 is 0 Å². The maximum atomic E-state index is 12.0. The minimum atomic E-state index is -4.88. The molecule has 0 radical (unpaired) electrons. The van der Waals surface area contributed by atoms with Gasteiger partial charge in [0.05, 0.1) is 12.6 Å². The SMILES string of the molecule is C[C@H](COS(=O)(=O)F)N=Cc1ccccc1. The van der Waals surface area contributed by atoms with E-state index in [2.05, 4.69) is 9.18 Å². The van der Waals surface area contributed by atoms with Gasteiger partial charge in [0.25, 0.3) is 0 Å². The quantitative estimate of drug-likeness (QED) is 0.586. The molecule has 0 saturated heterocycles. The number of benzene rings is 1. The maximum Gasteiger partial charge on any atom is 0.437 e. The molecule has 0 saturated carbocycles. The minimum Gasteiger partial charge on any atom is -0.287 e. The topological polar surface area (TPSA) is 55.7 Å². The zero-order valence-corrected chi connectivity index (χ0v) is 9.52. The lowest BCUT2D eigenvalue weighted by Crippen LogP contribution is -2.11. The molecular weight excluding hydrogens is 233 g/mol. The van der Waals surface area contributed by atoms with Crippen molar-refractivity contribution in [1.29, 1.82) is 0 Å². The van der Waals surface area contributed by atoms with E-state index in [4.69, 9.17) is 0 Å². The molecule has 0 heterocycles. The second-order valence-corrected chi connectivity index (χ2v) is 4.24. The van der Waals surface area contributed by atoms with Gasteiger partial charge in [0.1, 0.15) is 0 Å². The van der Waals surface area contributed by atoms with Crippen molar-refractivity contribution in [2.75, 3.05) is 6.61 Å². The van der Waals surface area contributed by atoms with E-state index in [9.17, 15) is 12.3 Å². The molecule has 16 heavy (non-hydrogen) atoms. The fourth-order valence-corrected chi connectivity index (χ4v) is 1.33. The first kappa shape index (κ1) is 12.8. The van der Waals surface area contributed by atoms with Gasteiger partial charge in [-0.25, -0.2) is 4.18 Å². The molecule has 88 valence electrons. The van der Waals surface area contributed by atoms with Gasteiger partial charge in [0.15, 0.2) is 0 Å². The average molecular weight is 245 g/mol. The highest BCUT2D eigenvalue weighted by Crippen LogP contribution is 2.00. The van der Waals surface area contributed by atoms with Crippen LogP contribution in [0.3, 0.4) is 0 Å². The minimum absolute atomic E-state index is 0.303. The molecule has 6 heteroatoms. The summed E-state index contributed by atoms with van der Waals surface area (Å²) in [5, 5.41) is 0. The summed E-state index contributed by atoms with van der Waals surface area (Å²) in [4.78, 5) is 4.02. The molecule has 1 rings (SSSR count). The zero-order chi connectivity index (χ0) is 12.0. The Hall–Kier alpha value is -1.27. The molecule has 1 atom stereocenters. The van der Waals surface area contributed by atoms with Crippen molar-refractivity contribution in [3.05, 3.63) is 35.9 Å². The molecule has 1 aromatic rings. The highest BCUT2D eigenvalue weighted by molar-refractivity contribution is 7.81. The number of hydrogen-bond donors (Lipinski definition) is 0. The van der Waals surface area contributed by atoms with Crippen LogP contribution in [0.5, 0.6) is 0 Å². The third-order valence-electron chi connectivity index (χ3n) is 1.73. The summed E-state index contributed by atoms with van der Waals surface area (Å²) in [7, 11) is -4.88. The highest BCUT2D eigenvalue weighted by atomic mass is 32.3. The third kappa shape index (κ3) is 5.57. The van der Waals surface area contributed by atoms with Crippen molar-refractivity contribution < 1.29 is 16.5 Å². The van der Waals surface area contributed by atoms with E-state index in [0.717, 1.165) is 5.56 Å². The van der Waals surface area contributed by atoms with Crippen molar-refractivity contribution in [2.45, 2.75) is 13.0 Å². The second-order valence-electron chi connectivity index (χ2n) is 3.22. The number of halogens is 1. The predicted octanol–water partition coefficient (Wildman–Crippen LogP) is 1.72. The number of hydrogen-bond acceptors (Lipinski definition) is 4. The molecule has 0 unspecified atom stereocenters. The monoisotopic (exact) mass is 245 g/mol. The molecule has 0 aliphatic rings. The average Bonchev–Trinajstić information content (AvgIpc) is 2.24. The molecule has 0 aromatic heterocycles. The number of aliphatic imine (C=N–C) groups is 1. The van der Waals surface area contributed by atoms with Gasteiger partial charge >= 0.3 is 10.5 Å². The Kier molecular flexibility index (Phi) is 4.57. The smallest absolute Gasteiger partial charge is 0.287 e. The molecule has 0 bridgehead atoms. The van der Waals surface area contributed by atoms with Crippen LogP contribution in [0.2, 0.25) is 0 Å². The van der Waals surface area contributed by atoms with Crippen LogP contribution < -0.4 is 0 Å². The Morgan fingerprint density at radius 3 is 2.62 bits per heavy atom. The van der Waals surface area contributed by atoms with Gasteiger partial charge in [-0.3, -0.25) is 4.99 Å². The third-order valence-corrected chi connectivity index (χ3v) is 2.15. The van der Waals surface area contributed by atoms with Gasteiger partial charge in [-0.05, 0) is 12.5 Å². The van der Waals surface area contributed by atoms with Crippen LogP contribution in [-0.4, -0.2) is 27.3 Å². The van der Waals surface area contributed by atoms with Crippen LogP contribution in [0.25, 0.3) is 0 Å². The number of nitrogens with zero attached hydrogens (tertiary/aromatic N) is 1. The van der Waals surface area contributed by atoms with Gasteiger partial charge in [-0.1, -0.05) is 34.2 Å². The van der Waals surface area contributed by atoms with E-state index < -0.39 is 16.5 Å². The standard InChI is InChI=1S/C10H12FNO3S/c1-9(8-15-16(11,13)14)12-7-10-5-3-2-4-6-10/h2-7,9H,8H2,1H3/t9-/m1/s1. The maximum absolute atomic E-state index is 12.0. The van der Waals surface area contributed by atoms with E-state index in [0.29, 0.717) is 0 Å². The first-order valence-corrected chi connectivity index (χ1v) is 5.95.